The van der Waals surface area contributed by atoms with Gasteiger partial charge in [0.2, 0.25) is 5.89 Å². The van der Waals surface area contributed by atoms with E-state index >= 15 is 0 Å². The fourth-order valence-corrected chi connectivity index (χ4v) is 2.79. The lowest BCUT2D eigenvalue weighted by Gasteiger charge is -1.98. The monoisotopic (exact) mass is 358 g/mol. The first-order valence-corrected chi connectivity index (χ1v) is 7.50. The van der Waals surface area contributed by atoms with Crippen molar-refractivity contribution in [2.75, 3.05) is 0 Å². The third-order valence-corrected chi connectivity index (χ3v) is 4.14. The molecule has 0 bridgehead atoms. The second-order valence-corrected chi connectivity index (χ2v) is 5.72. The van der Waals surface area contributed by atoms with Crippen LogP contribution in [0, 0.1) is 11.3 Å². The molecule has 0 saturated heterocycles. The van der Waals surface area contributed by atoms with Crippen LogP contribution in [0.1, 0.15) is 5.56 Å². The molecule has 0 radical (unpaired) electrons. The van der Waals surface area contributed by atoms with Gasteiger partial charge in [0.05, 0.1) is 11.1 Å². The van der Waals surface area contributed by atoms with E-state index in [1.165, 1.54) is 11.8 Å². The molecule has 0 fully saturated rings. The Balaban J connectivity index is 1.90. The fourth-order valence-electron chi connectivity index (χ4n) is 1.63. The number of nitriles is 1. The van der Waals surface area contributed by atoms with Crippen LogP contribution < -0.4 is 0 Å². The third-order valence-electron chi connectivity index (χ3n) is 2.59. The molecule has 7 heteroatoms. The Labute approximate surface area is 133 Å². The minimum absolute atomic E-state index is 0.343. The Morgan fingerprint density at radius 3 is 2.81 bits per heavy atom. The summed E-state index contributed by atoms with van der Waals surface area (Å²) in [4.78, 5) is 4.15. The van der Waals surface area contributed by atoms with Crippen LogP contribution >= 0.6 is 27.7 Å². The van der Waals surface area contributed by atoms with Crippen molar-refractivity contribution in [2.24, 2.45) is 0 Å². The quantitative estimate of drug-likeness (QED) is 0.706. The van der Waals surface area contributed by atoms with Gasteiger partial charge in [0.15, 0.2) is 0 Å². The minimum Gasteiger partial charge on any atom is -0.411 e. The van der Waals surface area contributed by atoms with Crippen LogP contribution in [-0.2, 0) is 0 Å². The molecule has 0 spiro atoms. The molecule has 0 amide bonds. The van der Waals surface area contributed by atoms with Gasteiger partial charge in [0.1, 0.15) is 11.1 Å². The van der Waals surface area contributed by atoms with Gasteiger partial charge >= 0.3 is 0 Å². The highest BCUT2D eigenvalue weighted by Crippen LogP contribution is 2.32. The lowest BCUT2D eigenvalue weighted by atomic mass is 10.2. The lowest BCUT2D eigenvalue weighted by Crippen LogP contribution is -1.85. The van der Waals surface area contributed by atoms with Crippen molar-refractivity contribution in [3.05, 3.63) is 52.6 Å². The molecule has 0 saturated carbocycles. The van der Waals surface area contributed by atoms with Gasteiger partial charge in [-0.05, 0) is 52.0 Å². The summed E-state index contributed by atoms with van der Waals surface area (Å²) in [5.41, 5.74) is 1.29. The van der Waals surface area contributed by atoms with Crippen molar-refractivity contribution in [3.8, 4) is 17.5 Å². The third kappa shape index (κ3) is 2.96. The molecule has 1 aromatic carbocycles. The topological polar surface area (TPSA) is 75.6 Å². The molecule has 0 atom stereocenters. The molecule has 0 aliphatic rings. The van der Waals surface area contributed by atoms with E-state index in [0.717, 1.165) is 10.0 Å². The summed E-state index contributed by atoms with van der Waals surface area (Å²) in [5.74, 6) is 0.416. The van der Waals surface area contributed by atoms with Gasteiger partial charge in [0, 0.05) is 10.7 Å². The molecule has 3 rings (SSSR count). The SMILES string of the molecule is N#Cc1cccnc1Sc1nnc(-c2ccccc2Br)o1. The van der Waals surface area contributed by atoms with Crippen molar-refractivity contribution in [3.63, 3.8) is 0 Å². The van der Waals surface area contributed by atoms with E-state index in [9.17, 15) is 0 Å². The number of nitrogens with zero attached hydrogens (tertiary/aromatic N) is 4. The number of pyridine rings is 1. The summed E-state index contributed by atoms with van der Waals surface area (Å²) < 4.78 is 6.49. The summed E-state index contributed by atoms with van der Waals surface area (Å²) in [5, 5.41) is 17.9. The zero-order chi connectivity index (χ0) is 14.7. The number of hydrogen-bond acceptors (Lipinski definition) is 6. The van der Waals surface area contributed by atoms with Crippen molar-refractivity contribution < 1.29 is 4.42 Å². The zero-order valence-electron chi connectivity index (χ0n) is 10.5. The highest BCUT2D eigenvalue weighted by molar-refractivity contribution is 9.10. The van der Waals surface area contributed by atoms with E-state index in [1.807, 2.05) is 24.3 Å². The maximum atomic E-state index is 9.04. The molecule has 0 unspecified atom stereocenters. The minimum atomic E-state index is 0.343. The number of halogens is 1. The van der Waals surface area contributed by atoms with Crippen LogP contribution in [0.4, 0.5) is 0 Å². The van der Waals surface area contributed by atoms with Gasteiger partial charge in [-0.25, -0.2) is 4.98 Å². The van der Waals surface area contributed by atoms with Crippen molar-refractivity contribution in [1.29, 1.82) is 5.26 Å². The maximum absolute atomic E-state index is 9.04. The number of hydrogen-bond donors (Lipinski definition) is 0. The van der Waals surface area contributed by atoms with Gasteiger partial charge in [-0.3, -0.25) is 0 Å². The largest absolute Gasteiger partial charge is 0.411 e. The smallest absolute Gasteiger partial charge is 0.283 e. The fraction of sp³-hybridized carbons (Fsp3) is 0. The maximum Gasteiger partial charge on any atom is 0.283 e. The number of rotatable bonds is 3. The van der Waals surface area contributed by atoms with E-state index in [0.29, 0.717) is 21.7 Å². The summed E-state index contributed by atoms with van der Waals surface area (Å²) in [7, 11) is 0. The molecule has 0 aliphatic heterocycles. The highest BCUT2D eigenvalue weighted by Gasteiger charge is 2.14. The Kier molecular flexibility index (Phi) is 3.99. The second kappa shape index (κ2) is 6.08. The first-order chi connectivity index (χ1) is 10.3. The second-order valence-electron chi connectivity index (χ2n) is 3.92. The lowest BCUT2D eigenvalue weighted by molar-refractivity contribution is 0.465. The van der Waals surface area contributed by atoms with E-state index in [-0.39, 0.29) is 0 Å². The molecular formula is C14H7BrN4OS. The molecule has 3 aromatic rings. The Morgan fingerprint density at radius 1 is 1.14 bits per heavy atom. The van der Waals surface area contributed by atoms with Crippen molar-refractivity contribution in [1.82, 2.24) is 15.2 Å². The summed E-state index contributed by atoms with van der Waals surface area (Å²) >= 11 is 4.61. The Morgan fingerprint density at radius 2 is 2.00 bits per heavy atom. The normalized spacial score (nSPS) is 10.3. The van der Waals surface area contributed by atoms with E-state index < -0.39 is 0 Å². The molecule has 5 nitrogen and oxygen atoms in total. The molecule has 0 N–H and O–H groups in total. The Bertz CT molecular complexity index is 828. The molecular weight excluding hydrogens is 352 g/mol. The first kappa shape index (κ1) is 13.8. The number of benzene rings is 1. The number of aromatic nitrogens is 3. The molecule has 102 valence electrons. The summed E-state index contributed by atoms with van der Waals surface area (Å²) in [6.07, 6.45) is 1.62. The highest BCUT2D eigenvalue weighted by atomic mass is 79.9. The van der Waals surface area contributed by atoms with E-state index in [1.54, 1.807) is 18.3 Å². The predicted molar refractivity (Wildman–Crippen MR) is 80.5 cm³/mol. The molecule has 2 heterocycles. The summed E-state index contributed by atoms with van der Waals surface area (Å²) in [6, 6.07) is 13.1. The first-order valence-electron chi connectivity index (χ1n) is 5.89. The van der Waals surface area contributed by atoms with Gasteiger partial charge in [-0.1, -0.05) is 12.1 Å². The van der Waals surface area contributed by atoms with Crippen LogP contribution in [0.25, 0.3) is 11.5 Å². The van der Waals surface area contributed by atoms with Crippen LogP contribution in [0.15, 0.2) is 61.7 Å². The predicted octanol–water partition coefficient (Wildman–Crippen LogP) is 3.92. The molecule has 0 aliphatic carbocycles. The summed E-state index contributed by atoms with van der Waals surface area (Å²) in [6.45, 7) is 0. The standard InChI is InChI=1S/C14H7BrN4OS/c15-11-6-2-1-5-10(11)12-18-19-14(20-12)21-13-9(8-16)4-3-7-17-13/h1-7H. The van der Waals surface area contributed by atoms with E-state index in [2.05, 4.69) is 37.2 Å². The van der Waals surface area contributed by atoms with Gasteiger partial charge in [-0.2, -0.15) is 5.26 Å². The van der Waals surface area contributed by atoms with Crippen LogP contribution in [-0.4, -0.2) is 15.2 Å². The molecule has 21 heavy (non-hydrogen) atoms. The van der Waals surface area contributed by atoms with Crippen LogP contribution in [0.2, 0.25) is 0 Å². The van der Waals surface area contributed by atoms with Gasteiger partial charge in [-0.15, -0.1) is 10.2 Å². The van der Waals surface area contributed by atoms with Gasteiger partial charge < -0.3 is 4.42 Å². The van der Waals surface area contributed by atoms with Crippen molar-refractivity contribution >= 4 is 27.7 Å². The van der Waals surface area contributed by atoms with Crippen LogP contribution in [0.5, 0.6) is 0 Å². The molecule has 2 aromatic heterocycles. The van der Waals surface area contributed by atoms with Crippen LogP contribution in [0.3, 0.4) is 0 Å². The average molecular weight is 359 g/mol. The zero-order valence-corrected chi connectivity index (χ0v) is 12.9. The van der Waals surface area contributed by atoms with E-state index in [4.69, 9.17) is 9.68 Å². The van der Waals surface area contributed by atoms with Gasteiger partial charge in [0.25, 0.3) is 5.22 Å². The van der Waals surface area contributed by atoms with Crippen molar-refractivity contribution in [2.45, 2.75) is 10.2 Å². The average Bonchev–Trinajstić information content (AvgIpc) is 2.96. The Hall–Kier alpha value is -2.17.